The second-order valence-corrected chi connectivity index (χ2v) is 8.49. The molecule has 0 saturated heterocycles. The Balaban J connectivity index is 2.33. The lowest BCUT2D eigenvalue weighted by Crippen LogP contribution is -2.13. The van der Waals surface area contributed by atoms with Gasteiger partial charge in [-0.3, -0.25) is 0 Å². The number of aromatic nitrogens is 1. The molecule has 0 aliphatic carbocycles. The van der Waals surface area contributed by atoms with E-state index in [0.29, 0.717) is 15.6 Å². The lowest BCUT2D eigenvalue weighted by atomic mass is 9.93. The third-order valence-corrected chi connectivity index (χ3v) is 5.56. The molecule has 0 aliphatic heterocycles. The highest BCUT2D eigenvalue weighted by atomic mass is 79.9. The van der Waals surface area contributed by atoms with Crippen molar-refractivity contribution in [2.75, 3.05) is 7.11 Å². The number of nitrogens with zero attached hydrogens (tertiary/aromatic N) is 1. The average molecular weight is 487 g/mol. The van der Waals surface area contributed by atoms with Crippen LogP contribution in [-0.4, -0.2) is 20.5 Å². The molecular weight excluding hydrogens is 473 g/mol. The molecule has 0 atom stereocenters. The monoisotopic (exact) mass is 486 g/mol. The second-order valence-electron chi connectivity index (χ2n) is 6.01. The molecular formula is C19H14BrF3N2O3S. The normalized spacial score (nSPS) is 12.1. The number of nitrogens with two attached hydrogens (primary N) is 1. The molecule has 10 heteroatoms. The Morgan fingerprint density at radius 2 is 1.55 bits per heavy atom. The Morgan fingerprint density at radius 3 is 2.03 bits per heavy atom. The molecule has 0 spiro atoms. The number of hydrogen-bond donors (Lipinski definition) is 1. The molecule has 5 nitrogen and oxygen atoms in total. The summed E-state index contributed by atoms with van der Waals surface area (Å²) in [5.41, 5.74) is -0.422. The van der Waals surface area contributed by atoms with Crippen molar-refractivity contribution in [2.45, 2.75) is 11.1 Å². The second kappa shape index (κ2) is 7.77. The van der Waals surface area contributed by atoms with E-state index in [1.807, 2.05) is 0 Å². The van der Waals surface area contributed by atoms with Gasteiger partial charge in [0.25, 0.3) is 0 Å². The van der Waals surface area contributed by atoms with Gasteiger partial charge in [0, 0.05) is 16.1 Å². The number of sulfonamides is 1. The van der Waals surface area contributed by atoms with Crippen LogP contribution in [0.3, 0.4) is 0 Å². The molecule has 0 unspecified atom stereocenters. The molecule has 3 aromatic rings. The van der Waals surface area contributed by atoms with Gasteiger partial charge in [-0.1, -0.05) is 40.2 Å². The summed E-state index contributed by atoms with van der Waals surface area (Å²) in [7, 11) is -2.72. The molecule has 1 aromatic heterocycles. The van der Waals surface area contributed by atoms with E-state index < -0.39 is 21.9 Å². The van der Waals surface area contributed by atoms with Crippen LogP contribution in [-0.2, 0) is 16.2 Å². The Bertz CT molecular complexity index is 1150. The summed E-state index contributed by atoms with van der Waals surface area (Å²) in [5.74, 6) is -0.219. The maximum atomic E-state index is 13.8. The standard InChI is InChI=1S/C19H14BrF3N2O3S/c1-28-16-10-15(11-4-8-14(9-5-11)29(24,26)27)17(18(25-16)19(21,22)23)12-2-6-13(20)7-3-12/h2-10H,1H3,(H2,24,26,27). The van der Waals surface area contributed by atoms with Gasteiger partial charge < -0.3 is 4.74 Å². The number of rotatable bonds is 4. The van der Waals surface area contributed by atoms with Crippen LogP contribution in [0.5, 0.6) is 5.88 Å². The third kappa shape index (κ3) is 4.60. The molecule has 0 bridgehead atoms. The molecule has 0 aliphatic rings. The summed E-state index contributed by atoms with van der Waals surface area (Å²) < 4.78 is 70.1. The van der Waals surface area contributed by atoms with Crippen molar-refractivity contribution in [2.24, 2.45) is 5.14 Å². The number of halogens is 4. The van der Waals surface area contributed by atoms with Gasteiger partial charge >= 0.3 is 6.18 Å². The number of methoxy groups -OCH3 is 1. The summed E-state index contributed by atoms with van der Waals surface area (Å²) in [6, 6.07) is 12.9. The highest BCUT2D eigenvalue weighted by Crippen LogP contribution is 2.43. The van der Waals surface area contributed by atoms with Gasteiger partial charge in [-0.05, 0) is 41.0 Å². The first-order chi connectivity index (χ1) is 13.5. The van der Waals surface area contributed by atoms with Gasteiger partial charge in [0.1, 0.15) is 0 Å². The highest BCUT2D eigenvalue weighted by molar-refractivity contribution is 9.10. The lowest BCUT2D eigenvalue weighted by molar-refractivity contribution is -0.140. The van der Waals surface area contributed by atoms with Crippen molar-refractivity contribution in [3.8, 4) is 28.1 Å². The molecule has 0 fully saturated rings. The van der Waals surface area contributed by atoms with E-state index in [2.05, 4.69) is 20.9 Å². The zero-order chi connectivity index (χ0) is 21.4. The number of hydrogen-bond acceptors (Lipinski definition) is 4. The van der Waals surface area contributed by atoms with E-state index in [0.717, 1.165) is 0 Å². The van der Waals surface area contributed by atoms with E-state index in [1.165, 1.54) is 49.6 Å². The van der Waals surface area contributed by atoms with Gasteiger partial charge in [-0.15, -0.1) is 0 Å². The van der Waals surface area contributed by atoms with E-state index in [1.54, 1.807) is 12.1 Å². The fourth-order valence-corrected chi connectivity index (χ4v) is 3.57. The number of pyridine rings is 1. The summed E-state index contributed by atoms with van der Waals surface area (Å²) in [4.78, 5) is 3.48. The van der Waals surface area contributed by atoms with Crippen LogP contribution in [0, 0.1) is 0 Å². The Hall–Kier alpha value is -2.43. The van der Waals surface area contributed by atoms with Crippen LogP contribution >= 0.6 is 15.9 Å². The molecule has 152 valence electrons. The van der Waals surface area contributed by atoms with Crippen molar-refractivity contribution < 1.29 is 26.3 Å². The average Bonchev–Trinajstić information content (AvgIpc) is 2.66. The zero-order valence-electron chi connectivity index (χ0n) is 14.9. The fraction of sp³-hybridized carbons (Fsp3) is 0.105. The minimum Gasteiger partial charge on any atom is -0.481 e. The third-order valence-electron chi connectivity index (χ3n) is 4.10. The molecule has 0 radical (unpaired) electrons. The minimum absolute atomic E-state index is 0.144. The van der Waals surface area contributed by atoms with E-state index in [4.69, 9.17) is 9.88 Å². The summed E-state index contributed by atoms with van der Waals surface area (Å²) in [5, 5.41) is 5.10. The summed E-state index contributed by atoms with van der Waals surface area (Å²) in [6.45, 7) is 0. The van der Waals surface area contributed by atoms with E-state index in [-0.39, 0.29) is 21.9 Å². The first kappa shape index (κ1) is 21.3. The maximum absolute atomic E-state index is 13.8. The zero-order valence-corrected chi connectivity index (χ0v) is 17.3. The van der Waals surface area contributed by atoms with Crippen LogP contribution in [0.2, 0.25) is 0 Å². The Kier molecular flexibility index (Phi) is 5.70. The van der Waals surface area contributed by atoms with Crippen LogP contribution in [0.15, 0.2) is 64.0 Å². The summed E-state index contributed by atoms with van der Waals surface area (Å²) in [6.07, 6.45) is -4.74. The van der Waals surface area contributed by atoms with Crippen LogP contribution < -0.4 is 9.88 Å². The topological polar surface area (TPSA) is 82.3 Å². The number of primary sulfonamides is 1. The van der Waals surface area contributed by atoms with Crippen LogP contribution in [0.25, 0.3) is 22.3 Å². The number of benzene rings is 2. The minimum atomic E-state index is -4.74. The molecule has 2 aromatic carbocycles. The van der Waals surface area contributed by atoms with Gasteiger partial charge in [-0.2, -0.15) is 13.2 Å². The largest absolute Gasteiger partial charge is 0.481 e. The van der Waals surface area contributed by atoms with Gasteiger partial charge in [0.2, 0.25) is 15.9 Å². The van der Waals surface area contributed by atoms with Gasteiger partial charge in [0.15, 0.2) is 5.69 Å². The first-order valence-electron chi connectivity index (χ1n) is 8.06. The maximum Gasteiger partial charge on any atom is 0.434 e. The van der Waals surface area contributed by atoms with Gasteiger partial charge in [-0.25, -0.2) is 18.5 Å². The predicted octanol–water partition coefficient (Wildman–Crippen LogP) is 4.85. The van der Waals surface area contributed by atoms with Crippen molar-refractivity contribution >= 4 is 26.0 Å². The molecule has 0 saturated carbocycles. The summed E-state index contributed by atoms with van der Waals surface area (Å²) >= 11 is 3.26. The smallest absolute Gasteiger partial charge is 0.434 e. The Morgan fingerprint density at radius 1 is 1.00 bits per heavy atom. The molecule has 3 rings (SSSR count). The van der Waals surface area contributed by atoms with Gasteiger partial charge in [0.05, 0.1) is 12.0 Å². The predicted molar refractivity (Wildman–Crippen MR) is 106 cm³/mol. The number of ether oxygens (including phenoxy) is 1. The van der Waals surface area contributed by atoms with E-state index >= 15 is 0 Å². The molecule has 1 heterocycles. The van der Waals surface area contributed by atoms with Crippen molar-refractivity contribution in [3.05, 3.63) is 64.8 Å². The molecule has 29 heavy (non-hydrogen) atoms. The van der Waals surface area contributed by atoms with Crippen molar-refractivity contribution in [1.82, 2.24) is 4.98 Å². The fourth-order valence-electron chi connectivity index (χ4n) is 2.79. The molecule has 0 amide bonds. The van der Waals surface area contributed by atoms with Crippen molar-refractivity contribution in [1.29, 1.82) is 0 Å². The van der Waals surface area contributed by atoms with Crippen LogP contribution in [0.4, 0.5) is 13.2 Å². The lowest BCUT2D eigenvalue weighted by Gasteiger charge is -2.18. The highest BCUT2D eigenvalue weighted by Gasteiger charge is 2.38. The van der Waals surface area contributed by atoms with E-state index in [9.17, 15) is 21.6 Å². The Labute approximate surface area is 173 Å². The molecule has 2 N–H and O–H groups in total. The van der Waals surface area contributed by atoms with Crippen LogP contribution in [0.1, 0.15) is 5.69 Å². The van der Waals surface area contributed by atoms with Crippen molar-refractivity contribution in [3.63, 3.8) is 0 Å². The first-order valence-corrected chi connectivity index (χ1v) is 10.4. The quantitative estimate of drug-likeness (QED) is 0.571. The SMILES string of the molecule is COc1cc(-c2ccc(S(N)(=O)=O)cc2)c(-c2ccc(Br)cc2)c(C(F)(F)F)n1. The number of alkyl halides is 3.